The molecule has 0 amide bonds. The van der Waals surface area contributed by atoms with E-state index in [0.29, 0.717) is 69.4 Å². The number of hydrogen-bond donors (Lipinski definition) is 0. The Kier molecular flexibility index (Phi) is 12.2. The monoisotopic (exact) mass is 576 g/mol. The molecule has 0 N–H and O–H groups in total. The summed E-state index contributed by atoms with van der Waals surface area (Å²) in [6.45, 7) is 28.4. The van der Waals surface area contributed by atoms with Crippen LogP contribution in [0.4, 0.5) is 0 Å². The van der Waals surface area contributed by atoms with E-state index in [9.17, 15) is 0 Å². The summed E-state index contributed by atoms with van der Waals surface area (Å²) < 4.78 is 31.3. The van der Waals surface area contributed by atoms with Crippen molar-refractivity contribution in [2.45, 2.75) is 101 Å². The summed E-state index contributed by atoms with van der Waals surface area (Å²) in [5, 5.41) is 0. The summed E-state index contributed by atoms with van der Waals surface area (Å²) in [5.74, 6) is 6.15. The lowest BCUT2D eigenvalue weighted by molar-refractivity contribution is -0.0307. The van der Waals surface area contributed by atoms with Gasteiger partial charge >= 0.3 is 0 Å². The van der Waals surface area contributed by atoms with Gasteiger partial charge in [-0.2, -0.15) is 0 Å². The number of likely N-dealkylation sites (N-methyl/N-ethyl adjacent to an activating group) is 1. The number of ether oxygens (including phenoxy) is 5. The SMILES string of the molecule is CCOCN1C(C(C)C)=C(C(C)C)OCC1CC(C)C1=C(C(C)C)OCC(CC(C)C2=C(C(C)C)OCCO2)N1C. The maximum absolute atomic E-state index is 6.58. The van der Waals surface area contributed by atoms with Crippen LogP contribution in [-0.2, 0) is 23.7 Å². The second kappa shape index (κ2) is 14.9. The van der Waals surface area contributed by atoms with Crippen molar-refractivity contribution < 1.29 is 23.7 Å². The number of allylic oxidation sites excluding steroid dienone is 6. The van der Waals surface area contributed by atoms with Crippen LogP contribution >= 0.6 is 0 Å². The number of rotatable bonds is 13. The Bertz CT molecular complexity index is 951. The van der Waals surface area contributed by atoms with Crippen LogP contribution in [0.1, 0.15) is 89.0 Å². The fourth-order valence-electron chi connectivity index (χ4n) is 6.66. The average molecular weight is 577 g/mol. The van der Waals surface area contributed by atoms with Crippen LogP contribution in [0, 0.1) is 35.5 Å². The van der Waals surface area contributed by atoms with Gasteiger partial charge in [-0.1, -0.05) is 69.2 Å². The van der Waals surface area contributed by atoms with E-state index in [-0.39, 0.29) is 18.0 Å². The molecule has 0 aromatic rings. The molecule has 0 aromatic heterocycles. The zero-order chi connectivity index (χ0) is 30.4. The van der Waals surface area contributed by atoms with E-state index in [1.807, 2.05) is 0 Å². The molecule has 0 aromatic carbocycles. The molecule has 0 fully saturated rings. The first kappa shape index (κ1) is 33.5. The normalized spacial score (nSPS) is 23.8. The van der Waals surface area contributed by atoms with Gasteiger partial charge in [-0.05, 0) is 25.7 Å². The van der Waals surface area contributed by atoms with Crippen molar-refractivity contribution in [2.75, 3.05) is 46.8 Å². The molecule has 4 atom stereocenters. The largest absolute Gasteiger partial charge is 0.494 e. The van der Waals surface area contributed by atoms with Gasteiger partial charge in [0.05, 0.1) is 23.5 Å². The molecule has 0 bridgehead atoms. The van der Waals surface area contributed by atoms with Crippen molar-refractivity contribution in [1.82, 2.24) is 9.80 Å². The van der Waals surface area contributed by atoms with Gasteiger partial charge in [0.2, 0.25) is 0 Å². The fourth-order valence-corrected chi connectivity index (χ4v) is 6.66. The van der Waals surface area contributed by atoms with Gasteiger partial charge in [0.25, 0.3) is 0 Å². The zero-order valence-electron chi connectivity index (χ0n) is 28.2. The second-order valence-electron chi connectivity index (χ2n) is 13.4. The molecule has 0 saturated heterocycles. The van der Waals surface area contributed by atoms with Gasteiger partial charge in [-0.15, -0.1) is 0 Å². The molecule has 41 heavy (non-hydrogen) atoms. The Labute approximate surface area is 251 Å². The summed E-state index contributed by atoms with van der Waals surface area (Å²) in [4.78, 5) is 5.00. The first-order valence-corrected chi connectivity index (χ1v) is 16.2. The minimum absolute atomic E-state index is 0.233. The lowest BCUT2D eigenvalue weighted by Crippen LogP contribution is -2.48. The van der Waals surface area contributed by atoms with E-state index in [1.165, 1.54) is 11.4 Å². The highest BCUT2D eigenvalue weighted by atomic mass is 16.6. The minimum Gasteiger partial charge on any atom is -0.494 e. The zero-order valence-corrected chi connectivity index (χ0v) is 28.2. The number of nitrogens with zero attached hydrogens (tertiary/aromatic N) is 2. The Morgan fingerprint density at radius 1 is 0.634 bits per heavy atom. The van der Waals surface area contributed by atoms with Crippen LogP contribution in [-0.4, -0.2) is 68.7 Å². The van der Waals surface area contributed by atoms with Crippen LogP contribution in [0.5, 0.6) is 0 Å². The van der Waals surface area contributed by atoms with Gasteiger partial charge in [-0.25, -0.2) is 0 Å². The molecule has 0 spiro atoms. The molecule has 0 radical (unpaired) electrons. The van der Waals surface area contributed by atoms with Crippen LogP contribution in [0.2, 0.25) is 0 Å². The summed E-state index contributed by atoms with van der Waals surface area (Å²) in [6, 6.07) is 0.494. The molecule has 4 unspecified atom stereocenters. The van der Waals surface area contributed by atoms with Crippen molar-refractivity contribution in [3.8, 4) is 0 Å². The predicted molar refractivity (Wildman–Crippen MR) is 165 cm³/mol. The highest BCUT2D eigenvalue weighted by molar-refractivity contribution is 5.20. The lowest BCUT2D eigenvalue weighted by Gasteiger charge is -2.46. The Morgan fingerprint density at radius 3 is 1.68 bits per heavy atom. The van der Waals surface area contributed by atoms with Crippen molar-refractivity contribution in [2.24, 2.45) is 35.5 Å². The summed E-state index contributed by atoms with van der Waals surface area (Å²) >= 11 is 0. The first-order valence-electron chi connectivity index (χ1n) is 16.2. The van der Waals surface area contributed by atoms with Gasteiger partial charge < -0.3 is 33.5 Å². The molecule has 236 valence electrons. The smallest absolute Gasteiger partial charge is 0.137 e. The quantitative estimate of drug-likeness (QED) is 0.227. The van der Waals surface area contributed by atoms with Gasteiger partial charge in [0.1, 0.15) is 56.2 Å². The van der Waals surface area contributed by atoms with Crippen molar-refractivity contribution in [3.63, 3.8) is 0 Å². The summed E-state index contributed by atoms with van der Waals surface area (Å²) in [5.41, 5.74) is 2.61. The molecule has 7 nitrogen and oxygen atoms in total. The topological polar surface area (TPSA) is 52.6 Å². The third kappa shape index (κ3) is 7.88. The Hall–Kier alpha value is -2.02. The maximum Gasteiger partial charge on any atom is 0.137 e. The van der Waals surface area contributed by atoms with Crippen LogP contribution in [0.3, 0.4) is 0 Å². The molecule has 3 aliphatic rings. The summed E-state index contributed by atoms with van der Waals surface area (Å²) in [7, 11) is 2.26. The highest BCUT2D eigenvalue weighted by Crippen LogP contribution is 2.39. The van der Waals surface area contributed by atoms with Gasteiger partial charge in [0.15, 0.2) is 0 Å². The summed E-state index contributed by atoms with van der Waals surface area (Å²) in [6.07, 6.45) is 1.92. The molecule has 3 aliphatic heterocycles. The Balaban J connectivity index is 1.86. The molecule has 0 aliphatic carbocycles. The Morgan fingerprint density at radius 2 is 1.15 bits per heavy atom. The molecule has 7 heteroatoms. The highest BCUT2D eigenvalue weighted by Gasteiger charge is 2.38. The van der Waals surface area contributed by atoms with E-state index >= 15 is 0 Å². The van der Waals surface area contributed by atoms with E-state index < -0.39 is 0 Å². The fraction of sp³-hybridized carbons (Fsp3) is 0.824. The van der Waals surface area contributed by atoms with E-state index in [4.69, 9.17) is 23.7 Å². The van der Waals surface area contributed by atoms with Crippen molar-refractivity contribution >= 4 is 0 Å². The van der Waals surface area contributed by atoms with E-state index in [2.05, 4.69) is 93.0 Å². The van der Waals surface area contributed by atoms with E-state index in [1.54, 1.807) is 0 Å². The lowest BCUT2D eigenvalue weighted by atomic mass is 9.88. The van der Waals surface area contributed by atoms with Crippen molar-refractivity contribution in [1.29, 1.82) is 0 Å². The second-order valence-corrected chi connectivity index (χ2v) is 13.4. The first-order chi connectivity index (χ1) is 19.4. The molecule has 0 saturated carbocycles. The van der Waals surface area contributed by atoms with Crippen LogP contribution < -0.4 is 0 Å². The molecular formula is C34H60N2O5. The third-order valence-corrected chi connectivity index (χ3v) is 8.61. The van der Waals surface area contributed by atoms with Gasteiger partial charge in [0, 0.05) is 43.2 Å². The standard InChI is InChI=1S/C34H60N2O5/c1-13-37-20-36-28(19-41-31(22(4)5)29(36)21(2)3)16-25(10)30-32(23(6)7)40-18-27(35(30)12)17-26(11)34-33(24(8)9)38-14-15-39-34/h21-28H,13-20H2,1-12H3. The third-order valence-electron chi connectivity index (χ3n) is 8.61. The minimum atomic E-state index is 0.233. The van der Waals surface area contributed by atoms with E-state index in [0.717, 1.165) is 35.9 Å². The molecule has 3 rings (SSSR count). The predicted octanol–water partition coefficient (Wildman–Crippen LogP) is 7.37. The van der Waals surface area contributed by atoms with Crippen LogP contribution in [0.15, 0.2) is 34.4 Å². The molecule has 3 heterocycles. The number of hydrogen-bond acceptors (Lipinski definition) is 7. The average Bonchev–Trinajstić information content (AvgIpc) is 2.92. The van der Waals surface area contributed by atoms with Gasteiger partial charge in [-0.3, -0.25) is 0 Å². The molecular weight excluding hydrogens is 516 g/mol. The van der Waals surface area contributed by atoms with Crippen LogP contribution in [0.25, 0.3) is 0 Å². The van der Waals surface area contributed by atoms with Crippen molar-refractivity contribution in [3.05, 3.63) is 34.4 Å². The maximum atomic E-state index is 6.58.